The molecule has 0 aromatic heterocycles. The third kappa shape index (κ3) is 2.58. The summed E-state index contributed by atoms with van der Waals surface area (Å²) in [6, 6.07) is 8.92. The lowest BCUT2D eigenvalue weighted by Gasteiger charge is -2.21. The first-order chi connectivity index (χ1) is 6.84. The van der Waals surface area contributed by atoms with Crippen molar-refractivity contribution in [2.75, 3.05) is 13.2 Å². The Balaban J connectivity index is 1.92. The first-order valence-corrected chi connectivity index (χ1v) is 5.48. The maximum Gasteiger partial charge on any atom is 0.0468 e. The van der Waals surface area contributed by atoms with Gasteiger partial charge in [-0.2, -0.15) is 0 Å². The van der Waals surface area contributed by atoms with Crippen LogP contribution in [-0.2, 0) is 11.2 Å². The van der Waals surface area contributed by atoms with Crippen molar-refractivity contribution in [3.05, 3.63) is 35.4 Å². The van der Waals surface area contributed by atoms with E-state index in [-0.39, 0.29) is 0 Å². The quantitative estimate of drug-likeness (QED) is 0.696. The van der Waals surface area contributed by atoms with Crippen LogP contribution < -0.4 is 0 Å². The number of benzene rings is 1. The number of rotatable bonds is 2. The maximum atomic E-state index is 5.36. The predicted octanol–water partition coefficient (Wildman–Crippen LogP) is 2.96. The van der Waals surface area contributed by atoms with Gasteiger partial charge in [0, 0.05) is 13.2 Å². The van der Waals surface area contributed by atoms with Gasteiger partial charge in [-0.3, -0.25) is 0 Å². The van der Waals surface area contributed by atoms with Gasteiger partial charge in [0.05, 0.1) is 0 Å². The minimum Gasteiger partial charge on any atom is -0.381 e. The summed E-state index contributed by atoms with van der Waals surface area (Å²) >= 11 is 0. The monoisotopic (exact) mass is 190 g/mol. The smallest absolute Gasteiger partial charge is 0.0468 e. The molecule has 0 amide bonds. The average molecular weight is 190 g/mol. The van der Waals surface area contributed by atoms with Crippen LogP contribution in [0.1, 0.15) is 24.0 Å². The molecule has 1 heteroatoms. The second-order valence-corrected chi connectivity index (χ2v) is 4.25. The third-order valence-corrected chi connectivity index (χ3v) is 2.99. The second-order valence-electron chi connectivity index (χ2n) is 4.25. The lowest BCUT2D eigenvalue weighted by atomic mass is 9.92. The van der Waals surface area contributed by atoms with Crippen LogP contribution in [0, 0.1) is 12.8 Å². The molecule has 0 aliphatic carbocycles. The van der Waals surface area contributed by atoms with Crippen molar-refractivity contribution in [3.63, 3.8) is 0 Å². The van der Waals surface area contributed by atoms with E-state index in [1.165, 1.54) is 30.4 Å². The number of aryl methyl sites for hydroxylation is 1. The van der Waals surface area contributed by atoms with Crippen LogP contribution >= 0.6 is 0 Å². The Morgan fingerprint density at radius 1 is 1.14 bits per heavy atom. The fourth-order valence-corrected chi connectivity index (χ4v) is 2.01. The molecule has 76 valence electrons. The summed E-state index contributed by atoms with van der Waals surface area (Å²) < 4.78 is 5.36. The Hall–Kier alpha value is -0.820. The first-order valence-electron chi connectivity index (χ1n) is 5.48. The average Bonchev–Trinajstić information content (AvgIpc) is 2.23. The molecule has 0 spiro atoms. The van der Waals surface area contributed by atoms with Gasteiger partial charge >= 0.3 is 0 Å². The summed E-state index contributed by atoms with van der Waals surface area (Å²) in [6.07, 6.45) is 3.69. The minimum atomic E-state index is 0.839. The fourth-order valence-electron chi connectivity index (χ4n) is 2.01. The van der Waals surface area contributed by atoms with Crippen molar-refractivity contribution in [1.29, 1.82) is 0 Å². The van der Waals surface area contributed by atoms with E-state index < -0.39 is 0 Å². The fraction of sp³-hybridized carbons (Fsp3) is 0.538. The Kier molecular flexibility index (Phi) is 3.20. The zero-order valence-corrected chi connectivity index (χ0v) is 8.83. The van der Waals surface area contributed by atoms with Gasteiger partial charge in [-0.25, -0.2) is 0 Å². The van der Waals surface area contributed by atoms with Gasteiger partial charge in [0.15, 0.2) is 0 Å². The van der Waals surface area contributed by atoms with E-state index in [9.17, 15) is 0 Å². The zero-order valence-electron chi connectivity index (χ0n) is 8.83. The van der Waals surface area contributed by atoms with E-state index in [0.717, 1.165) is 19.1 Å². The van der Waals surface area contributed by atoms with Gasteiger partial charge in [0.1, 0.15) is 0 Å². The standard InChI is InChI=1S/C13H18O/c1-11-2-4-12(5-3-11)10-13-6-8-14-9-7-13/h2-5,13H,6-10H2,1H3. The zero-order chi connectivity index (χ0) is 9.80. The summed E-state index contributed by atoms with van der Waals surface area (Å²) in [7, 11) is 0. The highest BCUT2D eigenvalue weighted by Gasteiger charge is 2.13. The van der Waals surface area contributed by atoms with Crippen molar-refractivity contribution in [1.82, 2.24) is 0 Å². The van der Waals surface area contributed by atoms with Gasteiger partial charge in [-0.1, -0.05) is 29.8 Å². The van der Waals surface area contributed by atoms with E-state index in [4.69, 9.17) is 4.74 Å². The van der Waals surface area contributed by atoms with Gasteiger partial charge in [0.2, 0.25) is 0 Å². The Morgan fingerprint density at radius 2 is 1.79 bits per heavy atom. The van der Waals surface area contributed by atoms with Gasteiger partial charge < -0.3 is 4.74 Å². The molecule has 1 aromatic rings. The van der Waals surface area contributed by atoms with Crippen LogP contribution in [0.3, 0.4) is 0 Å². The molecule has 0 N–H and O–H groups in total. The molecule has 0 atom stereocenters. The number of hydrogen-bond donors (Lipinski definition) is 0. The Bertz CT molecular complexity index is 270. The van der Waals surface area contributed by atoms with Crippen molar-refractivity contribution in [2.24, 2.45) is 5.92 Å². The van der Waals surface area contributed by atoms with Crippen molar-refractivity contribution >= 4 is 0 Å². The molecule has 1 fully saturated rings. The predicted molar refractivity (Wildman–Crippen MR) is 58.4 cm³/mol. The van der Waals surface area contributed by atoms with Crippen molar-refractivity contribution in [3.8, 4) is 0 Å². The van der Waals surface area contributed by atoms with Gasteiger partial charge in [0.25, 0.3) is 0 Å². The molecule has 2 rings (SSSR count). The summed E-state index contributed by atoms with van der Waals surface area (Å²) in [4.78, 5) is 0. The van der Waals surface area contributed by atoms with E-state index >= 15 is 0 Å². The van der Waals surface area contributed by atoms with Crippen LogP contribution in [0.2, 0.25) is 0 Å². The molecule has 1 aliphatic rings. The van der Waals surface area contributed by atoms with Crippen LogP contribution in [0.25, 0.3) is 0 Å². The molecule has 1 heterocycles. The normalized spacial score (nSPS) is 18.4. The lowest BCUT2D eigenvalue weighted by Crippen LogP contribution is -2.17. The molecular formula is C13H18O. The molecule has 0 bridgehead atoms. The largest absolute Gasteiger partial charge is 0.381 e. The third-order valence-electron chi connectivity index (χ3n) is 2.99. The van der Waals surface area contributed by atoms with Gasteiger partial charge in [-0.05, 0) is 37.7 Å². The molecule has 0 unspecified atom stereocenters. The highest BCUT2D eigenvalue weighted by molar-refractivity contribution is 5.21. The maximum absolute atomic E-state index is 5.36. The summed E-state index contributed by atoms with van der Waals surface area (Å²) in [5.41, 5.74) is 2.82. The highest BCUT2D eigenvalue weighted by atomic mass is 16.5. The first kappa shape index (κ1) is 9.72. The van der Waals surface area contributed by atoms with Crippen LogP contribution in [0.5, 0.6) is 0 Å². The Morgan fingerprint density at radius 3 is 2.43 bits per heavy atom. The van der Waals surface area contributed by atoms with Crippen LogP contribution in [-0.4, -0.2) is 13.2 Å². The molecule has 14 heavy (non-hydrogen) atoms. The molecule has 0 radical (unpaired) electrons. The molecule has 0 saturated carbocycles. The SMILES string of the molecule is Cc1ccc(CC2CCOCC2)cc1. The lowest BCUT2D eigenvalue weighted by molar-refractivity contribution is 0.0665. The van der Waals surface area contributed by atoms with Gasteiger partial charge in [-0.15, -0.1) is 0 Å². The molecule has 1 nitrogen and oxygen atoms in total. The molecule has 1 aromatic carbocycles. The van der Waals surface area contributed by atoms with Crippen LogP contribution in [0.15, 0.2) is 24.3 Å². The van der Waals surface area contributed by atoms with E-state index in [2.05, 4.69) is 31.2 Å². The summed E-state index contributed by atoms with van der Waals surface area (Å²) in [5.74, 6) is 0.839. The Labute approximate surface area is 86.1 Å². The van der Waals surface area contributed by atoms with E-state index in [1.807, 2.05) is 0 Å². The molecular weight excluding hydrogens is 172 g/mol. The van der Waals surface area contributed by atoms with E-state index in [1.54, 1.807) is 0 Å². The molecule has 1 aliphatic heterocycles. The number of hydrogen-bond acceptors (Lipinski definition) is 1. The van der Waals surface area contributed by atoms with E-state index in [0.29, 0.717) is 0 Å². The summed E-state index contributed by atoms with van der Waals surface area (Å²) in [6.45, 7) is 4.05. The second kappa shape index (κ2) is 4.61. The highest BCUT2D eigenvalue weighted by Crippen LogP contribution is 2.19. The number of ether oxygens (including phenoxy) is 1. The van der Waals surface area contributed by atoms with Crippen molar-refractivity contribution in [2.45, 2.75) is 26.2 Å². The molecule has 1 saturated heterocycles. The summed E-state index contributed by atoms with van der Waals surface area (Å²) in [5, 5.41) is 0. The van der Waals surface area contributed by atoms with Crippen molar-refractivity contribution < 1.29 is 4.74 Å². The van der Waals surface area contributed by atoms with Crippen LogP contribution in [0.4, 0.5) is 0 Å². The minimum absolute atomic E-state index is 0.839. The topological polar surface area (TPSA) is 9.23 Å².